The molecular weight excluding hydrogens is 517 g/mol. The Balaban J connectivity index is 1.44. The molecule has 0 aliphatic carbocycles. The highest BCUT2D eigenvalue weighted by molar-refractivity contribution is 8.00. The Labute approximate surface area is 208 Å². The summed E-state index contributed by atoms with van der Waals surface area (Å²) in [6.45, 7) is -1.29. The van der Waals surface area contributed by atoms with Crippen LogP contribution in [0.15, 0.2) is 40.8 Å². The minimum absolute atomic E-state index is 0.0378. The predicted octanol–water partition coefficient (Wildman–Crippen LogP) is -0.345. The summed E-state index contributed by atoms with van der Waals surface area (Å²) in [5.74, 6) is -2.66. The van der Waals surface area contributed by atoms with Crippen molar-refractivity contribution in [1.82, 2.24) is 29.4 Å². The molecule has 0 unspecified atom stereocenters. The molecule has 14 nitrogen and oxygen atoms in total. The second-order valence-electron chi connectivity index (χ2n) is 7.38. The topological polar surface area (TPSA) is 193 Å². The first-order valence-electron chi connectivity index (χ1n) is 10.1. The highest BCUT2D eigenvalue weighted by Crippen LogP contribution is 2.42. The molecule has 5 heterocycles. The zero-order chi connectivity index (χ0) is 25.6. The van der Waals surface area contributed by atoms with Crippen molar-refractivity contribution in [2.45, 2.75) is 11.4 Å². The Kier molecular flexibility index (Phi) is 5.92. The molecule has 36 heavy (non-hydrogen) atoms. The van der Waals surface area contributed by atoms with Crippen molar-refractivity contribution in [3.63, 3.8) is 0 Å². The maximum atomic E-state index is 13.0. The smallest absolute Gasteiger partial charge is 0.354 e. The van der Waals surface area contributed by atoms with Gasteiger partial charge >= 0.3 is 5.97 Å². The predicted molar refractivity (Wildman–Crippen MR) is 125 cm³/mol. The summed E-state index contributed by atoms with van der Waals surface area (Å²) in [5, 5.41) is 28.8. The molecule has 2 aliphatic rings. The molecule has 2 atom stereocenters. The SMILES string of the molecule is N=c1ccn(C2=C(C(=O)O)N3C(=O)[C@@H](NC(=O)/C(=N/OCF)c4csc(N)n4)[C@H]3SC2)c2ccnn12. The first kappa shape index (κ1) is 23.5. The molecule has 0 aromatic carbocycles. The molecule has 0 bridgehead atoms. The molecule has 2 amide bonds. The molecule has 3 aromatic heterocycles. The van der Waals surface area contributed by atoms with Gasteiger partial charge in [-0.15, -0.1) is 23.1 Å². The fraction of sp³-hybridized carbons (Fsp3) is 0.211. The number of carbonyl (C=O) groups excluding carboxylic acids is 2. The summed E-state index contributed by atoms with van der Waals surface area (Å²) in [6.07, 6.45) is 3.01. The molecular formula is C19H16FN9O5S2. The van der Waals surface area contributed by atoms with E-state index in [4.69, 9.17) is 11.1 Å². The first-order chi connectivity index (χ1) is 17.3. The van der Waals surface area contributed by atoms with E-state index >= 15 is 0 Å². The number of oxime groups is 1. The number of carbonyl (C=O) groups is 3. The van der Waals surface area contributed by atoms with Gasteiger partial charge < -0.3 is 25.6 Å². The van der Waals surface area contributed by atoms with Gasteiger partial charge in [0.15, 0.2) is 16.5 Å². The van der Waals surface area contributed by atoms with Crippen LogP contribution in [-0.2, 0) is 19.2 Å². The number of halogens is 1. The number of carboxylic acid groups (broad SMARTS) is 1. The third-order valence-electron chi connectivity index (χ3n) is 5.39. The zero-order valence-electron chi connectivity index (χ0n) is 18.0. The molecule has 1 fully saturated rings. The van der Waals surface area contributed by atoms with Gasteiger partial charge in [0, 0.05) is 23.4 Å². The van der Waals surface area contributed by atoms with Gasteiger partial charge in [-0.25, -0.2) is 14.2 Å². The molecule has 1 saturated heterocycles. The standard InChI is InChI=1S/C19H16FN9O5S2/c20-7-34-26-12(8-5-36-19(22)24-8)15(30)25-13-16(31)28-14(18(32)33)9(6-35-17(13)28)27-4-2-10(21)29-11(27)1-3-23-29/h1-5,13,17,21H,6-7H2,(H2,22,24)(H,25,30)(H,32,33)/b21-10?,26-12+/t13-,17-/m1/s1. The van der Waals surface area contributed by atoms with Crippen LogP contribution in [0.25, 0.3) is 11.3 Å². The summed E-state index contributed by atoms with van der Waals surface area (Å²) in [7, 11) is 0. The van der Waals surface area contributed by atoms with Crippen LogP contribution in [0.1, 0.15) is 5.69 Å². The van der Waals surface area contributed by atoms with Crippen LogP contribution in [0.4, 0.5) is 9.52 Å². The van der Waals surface area contributed by atoms with E-state index < -0.39 is 36.1 Å². The number of hydrogen-bond acceptors (Lipinski definition) is 11. The average Bonchev–Trinajstić information content (AvgIpc) is 3.52. The van der Waals surface area contributed by atoms with Crippen molar-refractivity contribution in [2.75, 3.05) is 18.3 Å². The lowest BCUT2D eigenvalue weighted by Crippen LogP contribution is -2.71. The molecule has 0 radical (unpaired) electrons. The van der Waals surface area contributed by atoms with Crippen molar-refractivity contribution in [2.24, 2.45) is 5.16 Å². The fourth-order valence-electron chi connectivity index (χ4n) is 3.87. The van der Waals surface area contributed by atoms with Gasteiger partial charge in [0.2, 0.25) is 0 Å². The van der Waals surface area contributed by atoms with Crippen LogP contribution in [-0.4, -0.2) is 76.7 Å². The minimum Gasteiger partial charge on any atom is -0.477 e. The summed E-state index contributed by atoms with van der Waals surface area (Å²) < 4.78 is 15.4. The lowest BCUT2D eigenvalue weighted by molar-refractivity contribution is -0.150. The third kappa shape index (κ3) is 3.77. The number of amides is 2. The van der Waals surface area contributed by atoms with Crippen LogP contribution in [0.2, 0.25) is 0 Å². The number of aromatic nitrogens is 4. The maximum Gasteiger partial charge on any atom is 0.354 e. The number of thioether (sulfide) groups is 1. The number of β-lactam (4-membered cyclic amide) rings is 1. The minimum atomic E-state index is -1.33. The van der Waals surface area contributed by atoms with Gasteiger partial charge in [-0.1, -0.05) is 5.16 Å². The van der Waals surface area contributed by atoms with Crippen LogP contribution in [0.3, 0.4) is 0 Å². The lowest BCUT2D eigenvalue weighted by atomic mass is 10.0. The van der Waals surface area contributed by atoms with E-state index in [2.05, 4.69) is 25.4 Å². The Bertz CT molecular complexity index is 1530. The van der Waals surface area contributed by atoms with Crippen molar-refractivity contribution in [1.29, 1.82) is 5.41 Å². The quantitative estimate of drug-likeness (QED) is 0.178. The van der Waals surface area contributed by atoms with Crippen LogP contribution in [0, 0.1) is 5.41 Å². The highest BCUT2D eigenvalue weighted by atomic mass is 32.2. The summed E-state index contributed by atoms with van der Waals surface area (Å²) in [4.78, 5) is 47.6. The summed E-state index contributed by atoms with van der Waals surface area (Å²) in [5.41, 5.74) is 5.87. The van der Waals surface area contributed by atoms with Gasteiger partial charge in [-0.2, -0.15) is 9.61 Å². The zero-order valence-corrected chi connectivity index (χ0v) is 19.6. The second-order valence-corrected chi connectivity index (χ2v) is 9.38. The van der Waals surface area contributed by atoms with E-state index in [0.717, 1.165) is 16.2 Å². The normalized spacial score (nSPS) is 19.8. The van der Waals surface area contributed by atoms with E-state index in [1.54, 1.807) is 10.6 Å². The number of hydrogen-bond donors (Lipinski definition) is 4. The number of nitrogens with one attached hydrogen (secondary N) is 2. The second kappa shape index (κ2) is 9.08. The number of anilines is 1. The Morgan fingerprint density at radius 3 is 2.92 bits per heavy atom. The van der Waals surface area contributed by atoms with Crippen LogP contribution < -0.4 is 16.5 Å². The van der Waals surface area contributed by atoms with Gasteiger partial charge in [-0.3, -0.25) is 19.9 Å². The number of nitrogens with two attached hydrogens (primary N) is 1. The monoisotopic (exact) mass is 533 g/mol. The first-order valence-corrected chi connectivity index (χ1v) is 12.0. The Morgan fingerprint density at radius 2 is 2.22 bits per heavy atom. The number of rotatable bonds is 7. The molecule has 2 aliphatic heterocycles. The Morgan fingerprint density at radius 1 is 1.42 bits per heavy atom. The molecule has 0 saturated carbocycles. The molecule has 5 rings (SSSR count). The number of aliphatic carboxylic acids is 1. The number of nitrogens with zero attached hydrogens (tertiary/aromatic N) is 6. The molecule has 0 spiro atoms. The molecule has 5 N–H and O–H groups in total. The molecule has 3 aromatic rings. The number of fused-ring (bicyclic) bond motifs is 2. The number of nitrogen functional groups attached to an aromatic ring is 1. The number of carboxylic acids is 1. The Hall–Kier alpha value is -4.25. The number of thiazole rings is 1. The summed E-state index contributed by atoms with van der Waals surface area (Å²) in [6, 6.07) is 2.00. The van der Waals surface area contributed by atoms with Crippen molar-refractivity contribution in [3.05, 3.63) is 46.8 Å². The van der Waals surface area contributed by atoms with Gasteiger partial charge in [0.05, 0.1) is 11.9 Å². The molecule has 17 heteroatoms. The average molecular weight is 534 g/mol. The van der Waals surface area contributed by atoms with Crippen molar-refractivity contribution in [3.8, 4) is 0 Å². The van der Waals surface area contributed by atoms with E-state index in [1.165, 1.54) is 40.1 Å². The third-order valence-corrected chi connectivity index (χ3v) is 7.33. The van der Waals surface area contributed by atoms with Crippen LogP contribution >= 0.6 is 23.1 Å². The maximum absolute atomic E-state index is 13.0. The lowest BCUT2D eigenvalue weighted by Gasteiger charge is -2.49. The van der Waals surface area contributed by atoms with E-state index in [0.29, 0.717) is 11.3 Å². The van der Waals surface area contributed by atoms with Gasteiger partial charge in [-0.05, 0) is 6.07 Å². The largest absolute Gasteiger partial charge is 0.477 e. The highest BCUT2D eigenvalue weighted by Gasteiger charge is 2.55. The van der Waals surface area contributed by atoms with Crippen molar-refractivity contribution < 1.29 is 28.7 Å². The molecule has 186 valence electrons. The summed E-state index contributed by atoms with van der Waals surface area (Å²) >= 11 is 2.27. The number of alkyl halides is 1. The van der Waals surface area contributed by atoms with Gasteiger partial charge in [0.1, 0.15) is 28.2 Å². The van der Waals surface area contributed by atoms with E-state index in [1.807, 2.05) is 0 Å². The van der Waals surface area contributed by atoms with Gasteiger partial charge in [0.25, 0.3) is 18.7 Å². The van der Waals surface area contributed by atoms with E-state index in [9.17, 15) is 23.9 Å². The van der Waals surface area contributed by atoms with E-state index in [-0.39, 0.29) is 33.5 Å². The van der Waals surface area contributed by atoms with Crippen molar-refractivity contribution >= 4 is 63.1 Å². The van der Waals surface area contributed by atoms with Crippen LogP contribution in [0.5, 0.6) is 0 Å². The fourth-order valence-corrected chi connectivity index (χ4v) is 5.76.